The molecule has 1 saturated heterocycles. The van der Waals surface area contributed by atoms with Crippen molar-refractivity contribution in [1.82, 2.24) is 14.8 Å². The Kier molecular flexibility index (Phi) is 7.69. The lowest BCUT2D eigenvalue weighted by atomic mass is 9.96. The zero-order chi connectivity index (χ0) is 22.9. The first-order valence-corrected chi connectivity index (χ1v) is 11.5. The summed E-state index contributed by atoms with van der Waals surface area (Å²) < 4.78 is 0. The van der Waals surface area contributed by atoms with Crippen molar-refractivity contribution in [3.63, 3.8) is 0 Å². The third-order valence-corrected chi connectivity index (χ3v) is 6.00. The maximum Gasteiger partial charge on any atom is 0.321 e. The molecule has 1 fully saturated rings. The van der Waals surface area contributed by atoms with Crippen molar-refractivity contribution in [2.24, 2.45) is 5.92 Å². The molecule has 1 aliphatic rings. The molecule has 2 heterocycles. The SMILES string of the molecule is O=C(Nc1ccccc1)N1CCCC(C(=O)N(CCc2ccccc2)Cc2cccnc2)C1. The number of nitrogens with zero attached hydrogens (tertiary/aromatic N) is 3. The summed E-state index contributed by atoms with van der Waals surface area (Å²) in [6.07, 6.45) is 5.95. The van der Waals surface area contributed by atoms with Crippen molar-refractivity contribution in [2.45, 2.75) is 25.8 Å². The van der Waals surface area contributed by atoms with Gasteiger partial charge in [0.25, 0.3) is 0 Å². The third kappa shape index (κ3) is 6.42. The van der Waals surface area contributed by atoms with Gasteiger partial charge in [-0.1, -0.05) is 54.6 Å². The van der Waals surface area contributed by atoms with Crippen LogP contribution >= 0.6 is 0 Å². The summed E-state index contributed by atoms with van der Waals surface area (Å²) >= 11 is 0. The Morgan fingerprint density at radius 2 is 1.70 bits per heavy atom. The van der Waals surface area contributed by atoms with Crippen LogP contribution in [0.25, 0.3) is 0 Å². The Morgan fingerprint density at radius 3 is 2.42 bits per heavy atom. The number of aromatic nitrogens is 1. The standard InChI is InChI=1S/C27H30N4O2/c32-26(24-12-8-17-31(21-24)27(33)29-25-13-5-2-6-14-25)30(20-23-11-7-16-28-19-23)18-15-22-9-3-1-4-10-22/h1-7,9-11,13-14,16,19,24H,8,12,15,17-18,20-21H2,(H,29,33). The second kappa shape index (κ2) is 11.3. The van der Waals surface area contributed by atoms with E-state index in [0.29, 0.717) is 26.2 Å². The number of nitrogens with one attached hydrogen (secondary N) is 1. The average molecular weight is 443 g/mol. The van der Waals surface area contributed by atoms with Gasteiger partial charge in [0.2, 0.25) is 5.91 Å². The number of para-hydroxylation sites is 1. The number of hydrogen-bond donors (Lipinski definition) is 1. The molecule has 1 atom stereocenters. The molecule has 0 saturated carbocycles. The number of urea groups is 1. The van der Waals surface area contributed by atoms with E-state index in [-0.39, 0.29) is 17.9 Å². The maximum atomic E-state index is 13.6. The third-order valence-electron chi connectivity index (χ3n) is 6.00. The summed E-state index contributed by atoms with van der Waals surface area (Å²) in [5.74, 6) is -0.0975. The Labute approximate surface area is 195 Å². The van der Waals surface area contributed by atoms with E-state index in [1.165, 1.54) is 5.56 Å². The fourth-order valence-electron chi connectivity index (χ4n) is 4.23. The molecule has 0 spiro atoms. The van der Waals surface area contributed by atoms with E-state index in [4.69, 9.17) is 0 Å². The highest BCUT2D eigenvalue weighted by Gasteiger charge is 2.31. The van der Waals surface area contributed by atoms with Crippen molar-refractivity contribution in [2.75, 3.05) is 25.0 Å². The minimum atomic E-state index is -0.201. The number of hydrogen-bond acceptors (Lipinski definition) is 3. The number of piperidine rings is 1. The van der Waals surface area contributed by atoms with E-state index >= 15 is 0 Å². The number of pyridine rings is 1. The summed E-state index contributed by atoms with van der Waals surface area (Å²) in [6, 6.07) is 23.4. The van der Waals surface area contributed by atoms with Gasteiger partial charge in [-0.25, -0.2) is 4.79 Å². The zero-order valence-corrected chi connectivity index (χ0v) is 18.8. The molecule has 0 radical (unpaired) electrons. The van der Waals surface area contributed by atoms with Gasteiger partial charge in [0.05, 0.1) is 5.92 Å². The van der Waals surface area contributed by atoms with Crippen LogP contribution in [0.1, 0.15) is 24.0 Å². The highest BCUT2D eigenvalue weighted by Crippen LogP contribution is 2.21. The maximum absolute atomic E-state index is 13.6. The van der Waals surface area contributed by atoms with Crippen LogP contribution in [0.4, 0.5) is 10.5 Å². The molecule has 3 aromatic rings. The molecule has 2 aromatic carbocycles. The fourth-order valence-corrected chi connectivity index (χ4v) is 4.23. The zero-order valence-electron chi connectivity index (χ0n) is 18.8. The summed E-state index contributed by atoms with van der Waals surface area (Å²) in [6.45, 7) is 2.25. The molecule has 1 aromatic heterocycles. The normalized spacial score (nSPS) is 15.6. The van der Waals surface area contributed by atoms with Crippen LogP contribution in [0, 0.1) is 5.92 Å². The van der Waals surface area contributed by atoms with E-state index in [0.717, 1.165) is 30.5 Å². The minimum absolute atomic E-state index is 0.104. The highest BCUT2D eigenvalue weighted by atomic mass is 16.2. The van der Waals surface area contributed by atoms with E-state index in [1.54, 1.807) is 11.1 Å². The summed E-state index contributed by atoms with van der Waals surface area (Å²) in [5.41, 5.74) is 2.97. The fraction of sp³-hybridized carbons (Fsp3) is 0.296. The first kappa shape index (κ1) is 22.5. The quantitative estimate of drug-likeness (QED) is 0.582. The van der Waals surface area contributed by atoms with Crippen LogP contribution < -0.4 is 5.32 Å². The first-order chi connectivity index (χ1) is 16.2. The van der Waals surface area contributed by atoms with Crippen molar-refractivity contribution < 1.29 is 9.59 Å². The van der Waals surface area contributed by atoms with E-state index in [2.05, 4.69) is 22.4 Å². The van der Waals surface area contributed by atoms with Crippen LogP contribution in [-0.4, -0.2) is 46.4 Å². The Morgan fingerprint density at radius 1 is 0.970 bits per heavy atom. The molecule has 0 bridgehead atoms. The number of likely N-dealkylation sites (tertiary alicyclic amines) is 1. The molecular weight excluding hydrogens is 412 g/mol. The van der Waals surface area contributed by atoms with Gasteiger partial charge in [-0.15, -0.1) is 0 Å². The Balaban J connectivity index is 1.42. The van der Waals surface area contributed by atoms with E-state index in [9.17, 15) is 9.59 Å². The molecule has 6 nitrogen and oxygen atoms in total. The second-order valence-corrected chi connectivity index (χ2v) is 8.44. The predicted molar refractivity (Wildman–Crippen MR) is 130 cm³/mol. The van der Waals surface area contributed by atoms with Gasteiger partial charge in [-0.3, -0.25) is 9.78 Å². The van der Waals surface area contributed by atoms with E-state index < -0.39 is 0 Å². The largest absolute Gasteiger partial charge is 0.338 e. The first-order valence-electron chi connectivity index (χ1n) is 11.5. The number of rotatable bonds is 7. The molecule has 1 aliphatic heterocycles. The number of amides is 3. The molecule has 33 heavy (non-hydrogen) atoms. The summed E-state index contributed by atoms with van der Waals surface area (Å²) in [4.78, 5) is 34.3. The van der Waals surface area contributed by atoms with Crippen LogP contribution in [0.3, 0.4) is 0 Å². The van der Waals surface area contributed by atoms with Crippen molar-refractivity contribution >= 4 is 17.6 Å². The minimum Gasteiger partial charge on any atom is -0.338 e. The number of carbonyl (C=O) groups excluding carboxylic acids is 2. The van der Waals surface area contributed by atoms with Gasteiger partial charge in [-0.2, -0.15) is 0 Å². The lowest BCUT2D eigenvalue weighted by Gasteiger charge is -2.35. The van der Waals surface area contributed by atoms with Crippen LogP contribution in [0.2, 0.25) is 0 Å². The molecule has 170 valence electrons. The van der Waals surface area contributed by atoms with Gasteiger partial charge in [0, 0.05) is 44.3 Å². The lowest BCUT2D eigenvalue weighted by Crippen LogP contribution is -2.48. The second-order valence-electron chi connectivity index (χ2n) is 8.44. The molecule has 3 amide bonds. The smallest absolute Gasteiger partial charge is 0.321 e. The predicted octanol–water partition coefficient (Wildman–Crippen LogP) is 4.60. The van der Waals surface area contributed by atoms with Gasteiger partial charge >= 0.3 is 6.03 Å². The van der Waals surface area contributed by atoms with Gasteiger partial charge in [-0.05, 0) is 48.6 Å². The molecule has 0 aliphatic carbocycles. The monoisotopic (exact) mass is 442 g/mol. The number of anilines is 1. The summed E-state index contributed by atoms with van der Waals surface area (Å²) in [7, 11) is 0. The average Bonchev–Trinajstić information content (AvgIpc) is 2.88. The number of benzene rings is 2. The highest BCUT2D eigenvalue weighted by molar-refractivity contribution is 5.90. The molecule has 4 rings (SSSR count). The van der Waals surface area contributed by atoms with Crippen LogP contribution in [0.5, 0.6) is 0 Å². The molecular formula is C27H30N4O2. The van der Waals surface area contributed by atoms with E-state index in [1.807, 2.05) is 71.8 Å². The van der Waals surface area contributed by atoms with Gasteiger partial charge in [0.1, 0.15) is 0 Å². The molecule has 6 heteroatoms. The topological polar surface area (TPSA) is 65.5 Å². The van der Waals surface area contributed by atoms with Gasteiger partial charge in [0.15, 0.2) is 0 Å². The van der Waals surface area contributed by atoms with Crippen molar-refractivity contribution in [1.29, 1.82) is 0 Å². The Hall–Kier alpha value is -3.67. The lowest BCUT2D eigenvalue weighted by molar-refractivity contribution is -0.137. The van der Waals surface area contributed by atoms with Gasteiger partial charge < -0.3 is 15.1 Å². The van der Waals surface area contributed by atoms with Crippen molar-refractivity contribution in [3.05, 3.63) is 96.3 Å². The molecule has 1 N–H and O–H groups in total. The van der Waals surface area contributed by atoms with Crippen molar-refractivity contribution in [3.8, 4) is 0 Å². The Bertz CT molecular complexity index is 1030. The number of carbonyl (C=O) groups is 2. The van der Waals surface area contributed by atoms with Crippen LogP contribution in [-0.2, 0) is 17.8 Å². The molecule has 1 unspecified atom stereocenters. The summed E-state index contributed by atoms with van der Waals surface area (Å²) in [5, 5.41) is 2.94. The van der Waals surface area contributed by atoms with Crippen LogP contribution in [0.15, 0.2) is 85.2 Å².